The number of carbonyl (C=O) groups is 2. The number of alkyl carbamates (subject to hydrolysis) is 1. The molecular weight excluding hydrogens is 384 g/mol. The molecule has 1 aliphatic heterocycles. The maximum Gasteiger partial charge on any atom is 0.408 e. The number of carbonyl (C=O) groups excluding carboxylic acids is 2. The molecule has 0 spiro atoms. The third-order valence-electron chi connectivity index (χ3n) is 5.88. The summed E-state index contributed by atoms with van der Waals surface area (Å²) in [6.45, 7) is 2.20. The highest BCUT2D eigenvalue weighted by Crippen LogP contribution is 2.31. The molecule has 0 aromatic heterocycles. The zero-order chi connectivity index (χ0) is 22.0. The van der Waals surface area contributed by atoms with Gasteiger partial charge in [0.1, 0.15) is 11.6 Å². The first-order chi connectivity index (χ1) is 14.4. The molecule has 0 saturated carbocycles. The second kappa shape index (κ2) is 11.7. The van der Waals surface area contributed by atoms with Gasteiger partial charge < -0.3 is 25.6 Å². The summed E-state index contributed by atoms with van der Waals surface area (Å²) in [4.78, 5) is 24.5. The van der Waals surface area contributed by atoms with Crippen LogP contribution in [0.1, 0.15) is 76.7 Å². The SMILES string of the molecule is CCCCCCCCC[C@H]1C[C@](CCc2ccc(O)c(OC)c2)(C(N)=O)NC(=O)O1. The molecule has 0 radical (unpaired) electrons. The van der Waals surface area contributed by atoms with Gasteiger partial charge in [0.05, 0.1) is 7.11 Å². The number of cyclic esters (lactones) is 1. The van der Waals surface area contributed by atoms with Crippen molar-refractivity contribution in [3.63, 3.8) is 0 Å². The van der Waals surface area contributed by atoms with Gasteiger partial charge in [-0.05, 0) is 43.4 Å². The van der Waals surface area contributed by atoms with Crippen molar-refractivity contribution in [2.24, 2.45) is 5.73 Å². The van der Waals surface area contributed by atoms with Crippen molar-refractivity contribution in [2.45, 2.75) is 89.2 Å². The Balaban J connectivity index is 1.93. The van der Waals surface area contributed by atoms with Gasteiger partial charge in [-0.3, -0.25) is 4.79 Å². The van der Waals surface area contributed by atoms with Gasteiger partial charge in [0.15, 0.2) is 11.5 Å². The number of ether oxygens (including phenoxy) is 2. The molecule has 7 nitrogen and oxygen atoms in total. The summed E-state index contributed by atoms with van der Waals surface area (Å²) < 4.78 is 10.6. The number of aryl methyl sites for hydroxylation is 1. The highest BCUT2D eigenvalue weighted by atomic mass is 16.6. The van der Waals surface area contributed by atoms with Crippen LogP contribution in [0.25, 0.3) is 0 Å². The Bertz CT molecular complexity index is 709. The van der Waals surface area contributed by atoms with E-state index >= 15 is 0 Å². The topological polar surface area (TPSA) is 111 Å². The average molecular weight is 421 g/mol. The summed E-state index contributed by atoms with van der Waals surface area (Å²) >= 11 is 0. The Hall–Kier alpha value is -2.44. The quantitative estimate of drug-likeness (QED) is 0.414. The molecule has 0 aliphatic carbocycles. The van der Waals surface area contributed by atoms with Crippen LogP contribution in [0.5, 0.6) is 11.5 Å². The number of phenolic OH excluding ortho intramolecular Hbond substituents is 1. The van der Waals surface area contributed by atoms with E-state index in [-0.39, 0.29) is 11.9 Å². The maximum atomic E-state index is 12.3. The highest BCUT2D eigenvalue weighted by molar-refractivity contribution is 5.89. The van der Waals surface area contributed by atoms with Crippen LogP contribution in [0.4, 0.5) is 4.79 Å². The largest absolute Gasteiger partial charge is 0.504 e. The molecule has 1 fully saturated rings. The van der Waals surface area contributed by atoms with E-state index < -0.39 is 17.5 Å². The van der Waals surface area contributed by atoms with Gasteiger partial charge in [0.2, 0.25) is 5.91 Å². The maximum absolute atomic E-state index is 12.3. The minimum atomic E-state index is -1.13. The van der Waals surface area contributed by atoms with Gasteiger partial charge >= 0.3 is 6.09 Å². The van der Waals surface area contributed by atoms with Gasteiger partial charge in [0, 0.05) is 6.42 Å². The number of primary amides is 1. The Kier molecular flexibility index (Phi) is 9.27. The predicted octanol–water partition coefficient (Wildman–Crippen LogP) is 4.20. The van der Waals surface area contributed by atoms with E-state index in [9.17, 15) is 14.7 Å². The Morgan fingerprint density at radius 1 is 1.27 bits per heavy atom. The van der Waals surface area contributed by atoms with Crippen molar-refractivity contribution >= 4 is 12.0 Å². The van der Waals surface area contributed by atoms with Crippen molar-refractivity contribution in [2.75, 3.05) is 7.11 Å². The Labute approximate surface area is 179 Å². The molecule has 2 rings (SSSR count). The number of nitrogens with one attached hydrogen (secondary N) is 1. The van der Waals surface area contributed by atoms with Crippen molar-refractivity contribution < 1.29 is 24.2 Å². The first kappa shape index (κ1) is 23.8. The first-order valence-electron chi connectivity index (χ1n) is 11.0. The minimum absolute atomic E-state index is 0.0555. The lowest BCUT2D eigenvalue weighted by Gasteiger charge is -2.39. The molecule has 2 atom stereocenters. The number of benzene rings is 1. The molecule has 1 saturated heterocycles. The van der Waals surface area contributed by atoms with Crippen LogP contribution in [0, 0.1) is 0 Å². The minimum Gasteiger partial charge on any atom is -0.504 e. The van der Waals surface area contributed by atoms with Crippen LogP contribution in [0.2, 0.25) is 0 Å². The lowest BCUT2D eigenvalue weighted by molar-refractivity contribution is -0.127. The fourth-order valence-corrected chi connectivity index (χ4v) is 4.03. The summed E-state index contributed by atoms with van der Waals surface area (Å²) in [6.07, 6.45) is 9.35. The first-order valence-corrected chi connectivity index (χ1v) is 11.0. The van der Waals surface area contributed by atoms with E-state index in [0.717, 1.165) is 24.8 Å². The van der Waals surface area contributed by atoms with Crippen LogP contribution < -0.4 is 15.8 Å². The molecule has 2 amide bonds. The number of hydrogen-bond acceptors (Lipinski definition) is 5. The number of hydrogen-bond donors (Lipinski definition) is 3. The molecule has 0 unspecified atom stereocenters. The predicted molar refractivity (Wildman–Crippen MR) is 116 cm³/mol. The number of methoxy groups -OCH3 is 1. The fourth-order valence-electron chi connectivity index (χ4n) is 4.03. The lowest BCUT2D eigenvalue weighted by Crippen LogP contribution is -2.63. The molecule has 4 N–H and O–H groups in total. The zero-order valence-electron chi connectivity index (χ0n) is 18.2. The summed E-state index contributed by atoms with van der Waals surface area (Å²) in [5.74, 6) is -0.122. The molecular formula is C23H36N2O5. The third kappa shape index (κ3) is 6.82. The van der Waals surface area contributed by atoms with Crippen molar-refractivity contribution in [3.05, 3.63) is 23.8 Å². The Morgan fingerprint density at radius 2 is 1.97 bits per heavy atom. The summed E-state index contributed by atoms with van der Waals surface area (Å²) in [7, 11) is 1.48. The van der Waals surface area contributed by atoms with Gasteiger partial charge in [-0.1, -0.05) is 51.5 Å². The van der Waals surface area contributed by atoms with Crippen LogP contribution in [0.3, 0.4) is 0 Å². The van der Waals surface area contributed by atoms with Gasteiger partial charge in [0.25, 0.3) is 0 Å². The van der Waals surface area contributed by atoms with Crippen LogP contribution in [-0.2, 0) is 16.0 Å². The van der Waals surface area contributed by atoms with E-state index in [1.54, 1.807) is 18.2 Å². The second-order valence-corrected chi connectivity index (χ2v) is 8.22. The molecule has 0 bridgehead atoms. The number of nitrogens with two attached hydrogens (primary N) is 1. The third-order valence-corrected chi connectivity index (χ3v) is 5.88. The summed E-state index contributed by atoms with van der Waals surface area (Å²) in [5.41, 5.74) is 5.47. The van der Waals surface area contributed by atoms with E-state index in [0.29, 0.717) is 25.0 Å². The van der Waals surface area contributed by atoms with Crippen LogP contribution >= 0.6 is 0 Å². The number of phenols is 1. The molecule has 1 aliphatic rings. The van der Waals surface area contributed by atoms with Crippen molar-refractivity contribution in [1.29, 1.82) is 0 Å². The number of amides is 2. The normalized spacial score (nSPS) is 21.0. The van der Waals surface area contributed by atoms with E-state index in [1.807, 2.05) is 0 Å². The van der Waals surface area contributed by atoms with Crippen LogP contribution in [0.15, 0.2) is 18.2 Å². The van der Waals surface area contributed by atoms with Crippen LogP contribution in [-0.4, -0.2) is 35.9 Å². The van der Waals surface area contributed by atoms with E-state index in [4.69, 9.17) is 15.2 Å². The summed E-state index contributed by atoms with van der Waals surface area (Å²) in [5, 5.41) is 12.4. The number of rotatable bonds is 13. The Morgan fingerprint density at radius 3 is 2.63 bits per heavy atom. The zero-order valence-corrected chi connectivity index (χ0v) is 18.2. The monoisotopic (exact) mass is 420 g/mol. The van der Waals surface area contributed by atoms with E-state index in [1.165, 1.54) is 39.2 Å². The second-order valence-electron chi connectivity index (χ2n) is 8.22. The van der Waals surface area contributed by atoms with Crippen molar-refractivity contribution in [1.82, 2.24) is 5.32 Å². The fraction of sp³-hybridized carbons (Fsp3) is 0.652. The van der Waals surface area contributed by atoms with Crippen molar-refractivity contribution in [3.8, 4) is 11.5 Å². The molecule has 168 valence electrons. The molecule has 7 heteroatoms. The molecule has 30 heavy (non-hydrogen) atoms. The molecule has 1 aromatic carbocycles. The number of unbranched alkanes of at least 4 members (excludes halogenated alkanes) is 6. The highest BCUT2D eigenvalue weighted by Gasteiger charge is 2.45. The molecule has 1 heterocycles. The lowest BCUT2D eigenvalue weighted by atomic mass is 9.83. The average Bonchev–Trinajstić information content (AvgIpc) is 2.72. The summed E-state index contributed by atoms with van der Waals surface area (Å²) in [6, 6.07) is 5.04. The van der Waals surface area contributed by atoms with Gasteiger partial charge in [-0.25, -0.2) is 4.79 Å². The number of aromatic hydroxyl groups is 1. The standard InChI is InChI=1S/C23H36N2O5/c1-3-4-5-6-7-8-9-10-18-16-23(21(24)27,25-22(28)30-18)14-13-17-11-12-19(26)20(15-17)29-2/h11-12,15,18,26H,3-10,13-14,16H2,1-2H3,(H2,24,27)(H,25,28)/t18-,23+/m0/s1. The molecule has 1 aromatic rings. The van der Waals surface area contributed by atoms with E-state index in [2.05, 4.69) is 12.2 Å². The van der Waals surface area contributed by atoms with Gasteiger partial charge in [-0.2, -0.15) is 0 Å². The van der Waals surface area contributed by atoms with Gasteiger partial charge in [-0.15, -0.1) is 0 Å². The smallest absolute Gasteiger partial charge is 0.408 e.